The Balaban J connectivity index is 1.26. The predicted molar refractivity (Wildman–Crippen MR) is 189 cm³/mol. The van der Waals surface area contributed by atoms with Gasteiger partial charge < -0.3 is 24.8 Å². The van der Waals surface area contributed by atoms with Gasteiger partial charge in [0, 0.05) is 18.4 Å². The van der Waals surface area contributed by atoms with Crippen LogP contribution in [0.3, 0.4) is 0 Å². The Morgan fingerprint density at radius 1 is 0.714 bits per heavy atom. The molecule has 0 heterocycles. The number of anilines is 1. The number of rotatable bonds is 18. The molecule has 2 amide bonds. The van der Waals surface area contributed by atoms with Gasteiger partial charge in [-0.25, -0.2) is 4.79 Å². The number of ketones is 1. The number of methoxy groups -OCH3 is 1. The van der Waals surface area contributed by atoms with Crippen LogP contribution < -0.4 is 20.1 Å². The van der Waals surface area contributed by atoms with Gasteiger partial charge in [0.05, 0.1) is 18.2 Å². The average molecular weight is 665 g/mol. The van der Waals surface area contributed by atoms with E-state index in [9.17, 15) is 19.2 Å². The number of esters is 1. The molecule has 0 saturated carbocycles. The summed E-state index contributed by atoms with van der Waals surface area (Å²) in [5.41, 5.74) is 2.73. The van der Waals surface area contributed by atoms with Crippen LogP contribution in [0.1, 0.15) is 83.9 Å². The predicted octanol–water partition coefficient (Wildman–Crippen LogP) is 7.51. The maximum atomic E-state index is 13.0. The van der Waals surface area contributed by atoms with Crippen molar-refractivity contribution in [2.45, 2.75) is 64.5 Å². The molecule has 0 spiro atoms. The minimum Gasteiger partial charge on any atom is -0.494 e. The van der Waals surface area contributed by atoms with Gasteiger partial charge >= 0.3 is 5.97 Å². The van der Waals surface area contributed by atoms with Gasteiger partial charge in [0.2, 0.25) is 0 Å². The molecule has 0 unspecified atom stereocenters. The smallest absolute Gasteiger partial charge is 0.343 e. The van der Waals surface area contributed by atoms with Gasteiger partial charge in [-0.05, 0) is 91.6 Å². The molecule has 0 aromatic heterocycles. The lowest BCUT2D eigenvalue weighted by Crippen LogP contribution is -2.41. The molecule has 2 atom stereocenters. The van der Waals surface area contributed by atoms with Crippen LogP contribution in [0.2, 0.25) is 0 Å². The molecular formula is C40H44N2O7. The molecule has 0 aliphatic rings. The van der Waals surface area contributed by atoms with Crippen molar-refractivity contribution in [3.8, 4) is 11.5 Å². The summed E-state index contributed by atoms with van der Waals surface area (Å²) in [6, 6.07) is 28.4. The topological polar surface area (TPSA) is 120 Å². The zero-order chi connectivity index (χ0) is 35.0. The molecule has 4 aromatic rings. The molecule has 0 aliphatic carbocycles. The van der Waals surface area contributed by atoms with Crippen molar-refractivity contribution in [3.63, 3.8) is 0 Å². The number of carbonyl (C=O) groups is 4. The monoisotopic (exact) mass is 664 g/mol. The summed E-state index contributed by atoms with van der Waals surface area (Å²) in [6.45, 7) is 4.25. The highest BCUT2D eigenvalue weighted by Crippen LogP contribution is 2.21. The molecule has 0 radical (unpaired) electrons. The third-order valence-electron chi connectivity index (χ3n) is 7.97. The highest BCUT2D eigenvalue weighted by molar-refractivity contribution is 5.99. The number of unbranched alkanes of at least 4 members (excludes halogenated alkanes) is 4. The van der Waals surface area contributed by atoms with Gasteiger partial charge in [-0.15, -0.1) is 0 Å². The van der Waals surface area contributed by atoms with Crippen LogP contribution in [0.4, 0.5) is 5.69 Å². The Hall–Kier alpha value is -5.28. The number of nitrogens with one attached hydrogen (secondary N) is 2. The van der Waals surface area contributed by atoms with Crippen molar-refractivity contribution in [2.75, 3.05) is 19.0 Å². The van der Waals surface area contributed by atoms with E-state index in [1.807, 2.05) is 30.3 Å². The lowest BCUT2D eigenvalue weighted by atomic mass is 10.0. The van der Waals surface area contributed by atoms with Crippen LogP contribution >= 0.6 is 0 Å². The Bertz CT molecular complexity index is 1650. The van der Waals surface area contributed by atoms with Gasteiger partial charge in [-0.2, -0.15) is 0 Å². The highest BCUT2D eigenvalue weighted by Gasteiger charge is 2.21. The standard InChI is InChI=1S/C40H44N2O7/c1-4-5-6-7-11-26-48-34-24-18-32(19-25-34)40(46)49-35-22-14-29(15-23-35)27-36(28(2)43)42-38(44)31-16-20-33(21-17-31)41-39(45)37(47-3)30-12-9-8-10-13-30/h8-10,12-25,36-37H,4-7,11,26-27H2,1-3H3,(H,41,45)(H,42,44)/t36-,37+/m0/s1. The Morgan fingerprint density at radius 3 is 1.98 bits per heavy atom. The van der Waals surface area contributed by atoms with Crippen LogP contribution in [-0.4, -0.2) is 43.3 Å². The van der Waals surface area contributed by atoms with Crippen LogP contribution in [0.15, 0.2) is 103 Å². The maximum absolute atomic E-state index is 13.0. The Morgan fingerprint density at radius 2 is 1.35 bits per heavy atom. The largest absolute Gasteiger partial charge is 0.494 e. The molecule has 9 nitrogen and oxygen atoms in total. The molecular weight excluding hydrogens is 620 g/mol. The number of hydrogen-bond donors (Lipinski definition) is 2. The third-order valence-corrected chi connectivity index (χ3v) is 7.97. The quantitative estimate of drug-likeness (QED) is 0.0642. The second-order valence-electron chi connectivity index (χ2n) is 11.8. The zero-order valence-corrected chi connectivity index (χ0v) is 28.3. The van der Waals surface area contributed by atoms with E-state index in [1.54, 1.807) is 72.8 Å². The summed E-state index contributed by atoms with van der Waals surface area (Å²) < 4.78 is 16.7. The van der Waals surface area contributed by atoms with Crippen LogP contribution in [0, 0.1) is 0 Å². The summed E-state index contributed by atoms with van der Waals surface area (Å²) in [5, 5.41) is 5.60. The molecule has 0 bridgehead atoms. The second-order valence-corrected chi connectivity index (χ2v) is 11.8. The van der Waals surface area contributed by atoms with Crippen molar-refractivity contribution in [3.05, 3.63) is 125 Å². The Labute approximate surface area is 288 Å². The molecule has 4 rings (SSSR count). The molecule has 0 aliphatic heterocycles. The molecule has 0 fully saturated rings. The fraction of sp³-hybridized carbons (Fsp3) is 0.300. The van der Waals surface area contributed by atoms with Gasteiger partial charge in [0.1, 0.15) is 11.5 Å². The fourth-order valence-electron chi connectivity index (χ4n) is 5.15. The first-order chi connectivity index (χ1) is 23.8. The van der Waals surface area contributed by atoms with Gasteiger partial charge in [0.25, 0.3) is 11.8 Å². The minimum absolute atomic E-state index is 0.205. The van der Waals surface area contributed by atoms with Gasteiger partial charge in [0.15, 0.2) is 11.9 Å². The number of carbonyl (C=O) groups excluding carboxylic acids is 4. The van der Waals surface area contributed by atoms with E-state index >= 15 is 0 Å². The number of benzene rings is 4. The summed E-state index contributed by atoms with van der Waals surface area (Å²) >= 11 is 0. The lowest BCUT2D eigenvalue weighted by Gasteiger charge is -2.17. The summed E-state index contributed by atoms with van der Waals surface area (Å²) in [5.74, 6) is -0.394. The first-order valence-corrected chi connectivity index (χ1v) is 16.6. The summed E-state index contributed by atoms with van der Waals surface area (Å²) in [7, 11) is 1.47. The van der Waals surface area contributed by atoms with Crippen molar-refractivity contribution in [2.24, 2.45) is 0 Å². The molecule has 2 N–H and O–H groups in total. The first kappa shape index (κ1) is 36.6. The molecule has 0 saturated heterocycles. The maximum Gasteiger partial charge on any atom is 0.343 e. The van der Waals surface area contributed by atoms with E-state index in [0.29, 0.717) is 34.9 Å². The van der Waals surface area contributed by atoms with E-state index in [0.717, 1.165) is 24.0 Å². The Kier molecular flexibility index (Phi) is 14.1. The molecule has 9 heteroatoms. The van der Waals surface area contributed by atoms with E-state index in [-0.39, 0.29) is 18.1 Å². The van der Waals surface area contributed by atoms with Crippen LogP contribution in [-0.2, 0) is 20.7 Å². The van der Waals surface area contributed by atoms with Gasteiger partial charge in [-0.1, -0.05) is 75.1 Å². The van der Waals surface area contributed by atoms with Gasteiger partial charge in [-0.3, -0.25) is 14.4 Å². The van der Waals surface area contributed by atoms with Crippen molar-refractivity contribution in [1.29, 1.82) is 0 Å². The fourth-order valence-corrected chi connectivity index (χ4v) is 5.15. The number of ether oxygens (including phenoxy) is 3. The average Bonchev–Trinajstić information content (AvgIpc) is 3.11. The summed E-state index contributed by atoms with van der Waals surface area (Å²) in [6.07, 6.45) is 5.27. The van der Waals surface area contributed by atoms with Crippen molar-refractivity contribution < 1.29 is 33.4 Å². The van der Waals surface area contributed by atoms with Crippen molar-refractivity contribution in [1.82, 2.24) is 5.32 Å². The number of Topliss-reactive ketones (excluding diaryl/α,β-unsaturated/α-hetero) is 1. The highest BCUT2D eigenvalue weighted by atomic mass is 16.5. The normalized spacial score (nSPS) is 12.0. The first-order valence-electron chi connectivity index (χ1n) is 16.6. The number of amides is 2. The van der Waals surface area contributed by atoms with E-state index < -0.39 is 24.0 Å². The second kappa shape index (κ2) is 18.9. The van der Waals surface area contributed by atoms with E-state index in [4.69, 9.17) is 14.2 Å². The van der Waals surface area contributed by atoms with Crippen LogP contribution in [0.5, 0.6) is 11.5 Å². The van der Waals surface area contributed by atoms with Crippen LogP contribution in [0.25, 0.3) is 0 Å². The molecule has 49 heavy (non-hydrogen) atoms. The summed E-state index contributed by atoms with van der Waals surface area (Å²) in [4.78, 5) is 50.9. The van der Waals surface area contributed by atoms with Crippen molar-refractivity contribution >= 4 is 29.3 Å². The molecule has 4 aromatic carbocycles. The SMILES string of the molecule is CCCCCCCOc1ccc(C(=O)Oc2ccc(C[C@H](NC(=O)c3ccc(NC(=O)[C@H](OC)c4ccccc4)cc3)C(C)=O)cc2)cc1. The number of hydrogen-bond acceptors (Lipinski definition) is 7. The van der Waals surface area contributed by atoms with E-state index in [1.165, 1.54) is 33.3 Å². The third kappa shape index (κ3) is 11.4. The lowest BCUT2D eigenvalue weighted by molar-refractivity contribution is -0.126. The zero-order valence-electron chi connectivity index (χ0n) is 28.3. The minimum atomic E-state index is -0.783. The van der Waals surface area contributed by atoms with E-state index in [2.05, 4.69) is 17.6 Å². The molecule has 256 valence electrons.